The zero-order chi connectivity index (χ0) is 26.1. The number of fused-ring (bicyclic) bond motifs is 3. The van der Waals surface area contributed by atoms with Gasteiger partial charge in [-0.1, -0.05) is 11.6 Å². The Bertz CT molecular complexity index is 1500. The highest BCUT2D eigenvalue weighted by Gasteiger charge is 2.45. The maximum atomic E-state index is 13.8. The van der Waals surface area contributed by atoms with Gasteiger partial charge in [0, 0.05) is 38.1 Å². The van der Waals surface area contributed by atoms with E-state index in [1.165, 1.54) is 30.5 Å². The number of carbonyl (C=O) groups is 1. The largest absolute Gasteiger partial charge is 0.348 e. The summed E-state index contributed by atoms with van der Waals surface area (Å²) >= 11 is 6.13. The van der Waals surface area contributed by atoms with E-state index in [0.717, 1.165) is 23.2 Å². The van der Waals surface area contributed by atoms with Crippen molar-refractivity contribution in [3.05, 3.63) is 59.3 Å². The zero-order valence-electron chi connectivity index (χ0n) is 19.5. The van der Waals surface area contributed by atoms with Gasteiger partial charge in [-0.3, -0.25) is 9.20 Å². The molecule has 3 saturated heterocycles. The molecule has 6 rings (SSSR count). The Balaban J connectivity index is 1.33. The summed E-state index contributed by atoms with van der Waals surface area (Å²) in [6.45, 7) is -0.344. The number of imidazole rings is 1. The molecule has 3 aliphatic rings. The summed E-state index contributed by atoms with van der Waals surface area (Å²) < 4.78 is 70.3. The quantitative estimate of drug-likeness (QED) is 0.493. The lowest BCUT2D eigenvalue weighted by Crippen LogP contribution is -2.56. The van der Waals surface area contributed by atoms with Crippen molar-refractivity contribution in [3.63, 3.8) is 0 Å². The van der Waals surface area contributed by atoms with Crippen molar-refractivity contribution in [3.8, 4) is 0 Å². The number of anilines is 1. The molecule has 3 fully saturated rings. The van der Waals surface area contributed by atoms with Crippen molar-refractivity contribution in [1.82, 2.24) is 18.6 Å². The molecule has 1 aromatic carbocycles. The maximum Gasteiger partial charge on any atom is 0.262 e. The first-order valence-corrected chi connectivity index (χ1v) is 13.7. The molecule has 13 heteroatoms. The molecule has 0 radical (unpaired) electrons. The highest BCUT2D eigenvalue weighted by atomic mass is 35.5. The van der Waals surface area contributed by atoms with Crippen LogP contribution in [-0.4, -0.2) is 77.1 Å². The van der Waals surface area contributed by atoms with Gasteiger partial charge in [-0.15, -0.1) is 0 Å². The average molecular weight is 554 g/mol. The fraction of sp³-hybridized carbons (Fsp3) is 0.417. The second-order valence-corrected chi connectivity index (χ2v) is 12.2. The Morgan fingerprint density at radius 1 is 1.11 bits per heavy atom. The van der Waals surface area contributed by atoms with Gasteiger partial charge in [0.1, 0.15) is 18.0 Å². The van der Waals surface area contributed by atoms with Gasteiger partial charge in [0.25, 0.3) is 11.8 Å². The van der Waals surface area contributed by atoms with Crippen molar-refractivity contribution >= 4 is 38.9 Å². The maximum absolute atomic E-state index is 13.8. The van der Waals surface area contributed by atoms with E-state index in [-0.39, 0.29) is 40.0 Å². The molecule has 2 atom stereocenters. The first-order chi connectivity index (χ1) is 17.5. The molecular weight excluding hydrogens is 531 g/mol. The number of likely N-dealkylation sites (tertiary alicyclic amines) is 1. The topological polar surface area (TPSA) is 78.2 Å². The third-order valence-corrected chi connectivity index (χ3v) is 9.58. The Hall–Kier alpha value is -2.83. The lowest BCUT2D eigenvalue weighted by Gasteiger charge is -2.42. The predicted octanol–water partition coefficient (Wildman–Crippen LogP) is 3.65. The molecular formula is C24H23ClF3N5O3S. The summed E-state index contributed by atoms with van der Waals surface area (Å²) in [6.07, 6.45) is 4.15. The Morgan fingerprint density at radius 2 is 1.84 bits per heavy atom. The number of hydrogen-bond acceptors (Lipinski definition) is 5. The average Bonchev–Trinajstić information content (AvgIpc) is 3.53. The Labute approximate surface area is 216 Å². The molecule has 0 aliphatic carbocycles. The molecule has 5 heterocycles. The van der Waals surface area contributed by atoms with E-state index in [0.29, 0.717) is 24.4 Å². The Morgan fingerprint density at radius 3 is 2.49 bits per heavy atom. The number of hydrogen-bond donors (Lipinski definition) is 0. The number of nitrogens with zero attached hydrogens (tertiary/aromatic N) is 5. The molecule has 0 saturated carbocycles. The molecule has 0 N–H and O–H groups in total. The minimum Gasteiger partial charge on any atom is -0.348 e. The van der Waals surface area contributed by atoms with E-state index >= 15 is 0 Å². The third-order valence-electron chi connectivity index (χ3n) is 7.44. The lowest BCUT2D eigenvalue weighted by atomic mass is 10.1. The minimum absolute atomic E-state index is 0.0466. The minimum atomic E-state index is -4.15. The number of benzene rings is 1. The number of piperazine rings is 1. The van der Waals surface area contributed by atoms with E-state index in [4.69, 9.17) is 11.6 Å². The molecule has 0 spiro atoms. The number of aromatic nitrogens is 2. The van der Waals surface area contributed by atoms with Crippen molar-refractivity contribution in [2.75, 3.05) is 31.1 Å². The van der Waals surface area contributed by atoms with Crippen LogP contribution in [0.2, 0.25) is 5.02 Å². The van der Waals surface area contributed by atoms with Crippen LogP contribution in [-0.2, 0) is 10.0 Å². The standard InChI is InChI=1S/C24H23ClF3N5O3S/c25-21-7-15(26)1-4-20(21)23(34)30-11-16-2-3-17(12-30)33(16)22-9-19(8-18-10-29-14-32(18)22)37(35,36)31-6-5-24(27,28)13-31/h1,4,7-10,14,16-17H,2-3,5-6,11-13H2/t16-,17+. The molecule has 2 bridgehead atoms. The molecule has 2 aromatic heterocycles. The summed E-state index contributed by atoms with van der Waals surface area (Å²) in [4.78, 5) is 21.1. The van der Waals surface area contributed by atoms with Crippen molar-refractivity contribution in [2.24, 2.45) is 0 Å². The third kappa shape index (κ3) is 4.15. The lowest BCUT2D eigenvalue weighted by molar-refractivity contribution is 0.0183. The van der Waals surface area contributed by atoms with Crippen LogP contribution in [0.15, 0.2) is 47.8 Å². The van der Waals surface area contributed by atoms with E-state index in [2.05, 4.69) is 9.88 Å². The van der Waals surface area contributed by atoms with Crippen molar-refractivity contribution < 1.29 is 26.4 Å². The summed E-state index contributed by atoms with van der Waals surface area (Å²) in [5.74, 6) is -3.28. The van der Waals surface area contributed by atoms with E-state index < -0.39 is 34.7 Å². The van der Waals surface area contributed by atoms with Crippen LogP contribution >= 0.6 is 11.6 Å². The second kappa shape index (κ2) is 8.60. The number of alkyl halides is 2. The highest BCUT2D eigenvalue weighted by Crippen LogP contribution is 2.38. The van der Waals surface area contributed by atoms with Gasteiger partial charge < -0.3 is 9.80 Å². The number of halogens is 4. The van der Waals surface area contributed by atoms with E-state index in [9.17, 15) is 26.4 Å². The van der Waals surface area contributed by atoms with Crippen molar-refractivity contribution in [1.29, 1.82) is 0 Å². The first kappa shape index (κ1) is 24.5. The normalized spacial score (nSPS) is 23.8. The van der Waals surface area contributed by atoms with Crippen LogP contribution in [0, 0.1) is 5.82 Å². The van der Waals surface area contributed by atoms with Gasteiger partial charge in [0.15, 0.2) is 0 Å². The van der Waals surface area contributed by atoms with Crippen molar-refractivity contribution in [2.45, 2.75) is 42.2 Å². The van der Waals surface area contributed by atoms with Gasteiger partial charge in [-0.25, -0.2) is 26.6 Å². The smallest absolute Gasteiger partial charge is 0.262 e. The summed E-state index contributed by atoms with van der Waals surface area (Å²) in [6, 6.07) is 6.42. The summed E-state index contributed by atoms with van der Waals surface area (Å²) in [7, 11) is -4.15. The van der Waals surface area contributed by atoms with Crippen LogP contribution in [0.5, 0.6) is 0 Å². The van der Waals surface area contributed by atoms with Crippen LogP contribution in [0.1, 0.15) is 29.6 Å². The Kier molecular flexibility index (Phi) is 5.70. The van der Waals surface area contributed by atoms with Gasteiger partial charge in [-0.2, -0.15) is 4.31 Å². The number of carbonyl (C=O) groups excluding carboxylic acids is 1. The van der Waals surface area contributed by atoms with Gasteiger partial charge in [0.05, 0.1) is 33.7 Å². The first-order valence-electron chi connectivity index (χ1n) is 11.9. The van der Waals surface area contributed by atoms with Crippen LogP contribution < -0.4 is 4.90 Å². The van der Waals surface area contributed by atoms with Crippen LogP contribution in [0.25, 0.3) is 5.52 Å². The molecule has 8 nitrogen and oxygen atoms in total. The monoisotopic (exact) mass is 553 g/mol. The zero-order valence-corrected chi connectivity index (χ0v) is 21.1. The second-order valence-electron chi connectivity index (χ2n) is 9.81. The summed E-state index contributed by atoms with van der Waals surface area (Å²) in [5, 5.41) is 0.0466. The fourth-order valence-corrected chi connectivity index (χ4v) is 7.43. The SMILES string of the molecule is O=C(c1ccc(F)cc1Cl)N1C[C@H]2CC[C@@H](C1)N2c1cc(S(=O)(=O)N2CCC(F)(F)C2)cc2cncn12. The van der Waals surface area contributed by atoms with Crippen LogP contribution in [0.3, 0.4) is 0 Å². The van der Waals surface area contributed by atoms with E-state index in [1.807, 2.05) is 0 Å². The molecule has 0 unspecified atom stereocenters. The van der Waals surface area contributed by atoms with Crippen LogP contribution in [0.4, 0.5) is 19.0 Å². The molecule has 196 valence electrons. The molecule has 1 amide bonds. The van der Waals surface area contributed by atoms with Gasteiger partial charge in [0.2, 0.25) is 10.0 Å². The number of pyridine rings is 1. The fourth-order valence-electron chi connectivity index (χ4n) is 5.67. The molecule has 37 heavy (non-hydrogen) atoms. The van der Waals surface area contributed by atoms with Gasteiger partial charge in [-0.05, 0) is 43.2 Å². The number of rotatable bonds is 4. The predicted molar refractivity (Wildman–Crippen MR) is 130 cm³/mol. The molecule has 3 aromatic rings. The number of amides is 1. The number of sulfonamides is 1. The summed E-state index contributed by atoms with van der Waals surface area (Å²) in [5.41, 5.74) is 0.751. The van der Waals surface area contributed by atoms with E-state index in [1.54, 1.807) is 15.6 Å². The molecule has 3 aliphatic heterocycles. The van der Waals surface area contributed by atoms with Gasteiger partial charge >= 0.3 is 0 Å². The highest BCUT2D eigenvalue weighted by molar-refractivity contribution is 7.89.